The van der Waals surface area contributed by atoms with Crippen LogP contribution >= 0.6 is 11.6 Å². The van der Waals surface area contributed by atoms with Crippen molar-refractivity contribution in [3.63, 3.8) is 0 Å². The monoisotopic (exact) mass is 322 g/mol. The highest BCUT2D eigenvalue weighted by Gasteiger charge is 2.22. The van der Waals surface area contributed by atoms with Gasteiger partial charge >= 0.3 is 0 Å². The Kier molecular flexibility index (Phi) is 5.54. The third-order valence-corrected chi connectivity index (χ3v) is 3.23. The number of rotatable bonds is 6. The van der Waals surface area contributed by atoms with E-state index in [1.54, 1.807) is 12.1 Å². The minimum atomic E-state index is -0.659. The molecule has 0 amide bonds. The molecule has 1 heterocycles. The second-order valence-electron chi connectivity index (χ2n) is 4.48. The van der Waals surface area contributed by atoms with Crippen molar-refractivity contribution >= 4 is 23.4 Å². The zero-order valence-electron chi connectivity index (χ0n) is 12.5. The Morgan fingerprint density at radius 3 is 2.18 bits per heavy atom. The number of aromatic nitrogens is 2. The fourth-order valence-corrected chi connectivity index (χ4v) is 2.23. The molecule has 0 radical (unpaired) electrons. The predicted molar refractivity (Wildman–Crippen MR) is 87.3 cm³/mol. The van der Waals surface area contributed by atoms with E-state index >= 15 is 0 Å². The van der Waals surface area contributed by atoms with Crippen LogP contribution in [0.3, 0.4) is 0 Å². The lowest BCUT2D eigenvalue weighted by atomic mass is 10.0. The smallest absolute Gasteiger partial charge is 0.222 e. The van der Waals surface area contributed by atoms with Crippen molar-refractivity contribution in [3.8, 4) is 11.1 Å². The van der Waals surface area contributed by atoms with Crippen molar-refractivity contribution in [2.75, 3.05) is 24.7 Å². The Bertz CT molecular complexity index is 628. The average molecular weight is 323 g/mol. The number of nitrogens with zero attached hydrogens (tertiary/aromatic N) is 2. The molecule has 0 unspecified atom stereocenters. The largest absolute Gasteiger partial charge is 0.383 e. The van der Waals surface area contributed by atoms with Crippen molar-refractivity contribution in [3.05, 3.63) is 35.0 Å². The summed E-state index contributed by atoms with van der Waals surface area (Å²) in [6.45, 7) is 4.69. The first-order valence-corrected chi connectivity index (χ1v) is 7.36. The number of nitrogens with two attached hydrogens (primary N) is 2. The van der Waals surface area contributed by atoms with Crippen LogP contribution in [0.25, 0.3) is 11.1 Å². The molecule has 22 heavy (non-hydrogen) atoms. The second-order valence-corrected chi connectivity index (χ2v) is 4.91. The number of nitrogen functional groups attached to an aromatic ring is 2. The summed E-state index contributed by atoms with van der Waals surface area (Å²) in [6, 6.07) is 7.22. The Morgan fingerprint density at radius 1 is 1.05 bits per heavy atom. The summed E-state index contributed by atoms with van der Waals surface area (Å²) in [5.74, 6) is 0.351. The molecule has 2 rings (SSSR count). The third-order valence-electron chi connectivity index (χ3n) is 2.97. The van der Waals surface area contributed by atoms with Crippen LogP contribution in [0.2, 0.25) is 5.02 Å². The Morgan fingerprint density at radius 2 is 1.64 bits per heavy atom. The van der Waals surface area contributed by atoms with Gasteiger partial charge in [-0.2, -0.15) is 4.98 Å². The van der Waals surface area contributed by atoms with Crippen LogP contribution in [0.5, 0.6) is 0 Å². The molecule has 118 valence electrons. The number of anilines is 2. The van der Waals surface area contributed by atoms with Crippen LogP contribution in [-0.4, -0.2) is 23.2 Å². The van der Waals surface area contributed by atoms with E-state index in [1.165, 1.54) is 0 Å². The number of hydrogen-bond acceptors (Lipinski definition) is 6. The number of hydrogen-bond donors (Lipinski definition) is 2. The molecule has 0 saturated heterocycles. The van der Waals surface area contributed by atoms with Gasteiger partial charge in [0.05, 0.1) is 5.56 Å². The second kappa shape index (κ2) is 7.40. The van der Waals surface area contributed by atoms with E-state index in [9.17, 15) is 0 Å². The first-order chi connectivity index (χ1) is 10.6. The van der Waals surface area contributed by atoms with Gasteiger partial charge in [-0.05, 0) is 31.5 Å². The summed E-state index contributed by atoms with van der Waals surface area (Å²) in [5, 5.41) is 0.631. The normalized spacial score (nSPS) is 11.1. The van der Waals surface area contributed by atoms with E-state index in [0.717, 1.165) is 5.56 Å². The maximum absolute atomic E-state index is 6.05. The fourth-order valence-electron chi connectivity index (χ4n) is 2.11. The molecule has 0 aliphatic rings. The first-order valence-electron chi connectivity index (χ1n) is 6.98. The quantitative estimate of drug-likeness (QED) is 0.793. The van der Waals surface area contributed by atoms with Gasteiger partial charge < -0.3 is 20.9 Å². The van der Waals surface area contributed by atoms with Crippen LogP contribution in [0.4, 0.5) is 11.8 Å². The van der Waals surface area contributed by atoms with E-state index in [4.69, 9.17) is 32.5 Å². The van der Waals surface area contributed by atoms with Gasteiger partial charge in [-0.1, -0.05) is 23.7 Å². The zero-order valence-corrected chi connectivity index (χ0v) is 13.3. The van der Waals surface area contributed by atoms with Gasteiger partial charge in [-0.25, -0.2) is 4.98 Å². The molecule has 1 aromatic carbocycles. The van der Waals surface area contributed by atoms with Crippen molar-refractivity contribution in [2.24, 2.45) is 0 Å². The average Bonchev–Trinajstić information content (AvgIpc) is 2.48. The maximum Gasteiger partial charge on any atom is 0.222 e. The lowest BCUT2D eigenvalue weighted by Crippen LogP contribution is -2.15. The lowest BCUT2D eigenvalue weighted by Gasteiger charge is -2.20. The molecule has 0 fully saturated rings. The molecule has 0 spiro atoms. The molecule has 7 heteroatoms. The van der Waals surface area contributed by atoms with Crippen molar-refractivity contribution in [2.45, 2.75) is 20.1 Å². The predicted octanol–water partition coefficient (Wildman–Crippen LogP) is 3.03. The van der Waals surface area contributed by atoms with Crippen molar-refractivity contribution in [1.29, 1.82) is 0 Å². The number of benzene rings is 1. The summed E-state index contributed by atoms with van der Waals surface area (Å²) < 4.78 is 11.2. The van der Waals surface area contributed by atoms with Gasteiger partial charge in [-0.3, -0.25) is 0 Å². The summed E-state index contributed by atoms with van der Waals surface area (Å²) in [4.78, 5) is 8.31. The summed E-state index contributed by atoms with van der Waals surface area (Å²) >= 11 is 5.93. The molecule has 4 N–H and O–H groups in total. The molecule has 0 bridgehead atoms. The lowest BCUT2D eigenvalue weighted by molar-refractivity contribution is -0.142. The zero-order chi connectivity index (χ0) is 16.1. The van der Waals surface area contributed by atoms with Gasteiger partial charge in [-0.15, -0.1) is 0 Å². The molecule has 0 aliphatic heterocycles. The molecular weight excluding hydrogens is 304 g/mol. The third kappa shape index (κ3) is 3.65. The molecule has 0 saturated carbocycles. The first kappa shape index (κ1) is 16.5. The Balaban J connectivity index is 2.58. The van der Waals surface area contributed by atoms with Gasteiger partial charge in [0.25, 0.3) is 0 Å². The number of ether oxygens (including phenoxy) is 2. The highest BCUT2D eigenvalue weighted by atomic mass is 35.5. The topological polar surface area (TPSA) is 96.3 Å². The molecule has 2 aromatic rings. The minimum absolute atomic E-state index is 0.0784. The SMILES string of the molecule is CCOC(OCC)c1nc(N)nc(N)c1-c1ccc(Cl)cc1. The van der Waals surface area contributed by atoms with Crippen molar-refractivity contribution in [1.82, 2.24) is 9.97 Å². The summed E-state index contributed by atoms with van der Waals surface area (Å²) in [5.41, 5.74) is 13.7. The highest BCUT2D eigenvalue weighted by molar-refractivity contribution is 6.30. The van der Waals surface area contributed by atoms with E-state index < -0.39 is 6.29 Å². The van der Waals surface area contributed by atoms with Gasteiger partial charge in [0.1, 0.15) is 11.5 Å². The van der Waals surface area contributed by atoms with Gasteiger partial charge in [0, 0.05) is 18.2 Å². The highest BCUT2D eigenvalue weighted by Crippen LogP contribution is 2.34. The summed E-state index contributed by atoms with van der Waals surface area (Å²) in [7, 11) is 0. The number of halogens is 1. The van der Waals surface area contributed by atoms with E-state index in [1.807, 2.05) is 26.0 Å². The van der Waals surface area contributed by atoms with Crippen LogP contribution in [0.1, 0.15) is 25.8 Å². The molecular formula is C15H19ClN4O2. The van der Waals surface area contributed by atoms with Gasteiger partial charge in [0.15, 0.2) is 0 Å². The molecule has 0 atom stereocenters. The van der Waals surface area contributed by atoms with E-state index in [2.05, 4.69) is 9.97 Å². The van der Waals surface area contributed by atoms with E-state index in [0.29, 0.717) is 29.5 Å². The minimum Gasteiger partial charge on any atom is -0.383 e. The van der Waals surface area contributed by atoms with E-state index in [-0.39, 0.29) is 11.8 Å². The Labute approximate surface area is 134 Å². The fraction of sp³-hybridized carbons (Fsp3) is 0.333. The van der Waals surface area contributed by atoms with Crippen LogP contribution in [-0.2, 0) is 9.47 Å². The van der Waals surface area contributed by atoms with Gasteiger partial charge in [0.2, 0.25) is 12.2 Å². The Hall–Kier alpha value is -1.89. The van der Waals surface area contributed by atoms with Crippen molar-refractivity contribution < 1.29 is 9.47 Å². The standard InChI is InChI=1S/C15H19ClN4O2/c1-3-21-14(22-4-2)12-11(13(17)20-15(18)19-12)9-5-7-10(16)8-6-9/h5-8,14H,3-4H2,1-2H3,(H4,17,18,19,20). The molecule has 0 aliphatic carbocycles. The summed E-state index contributed by atoms with van der Waals surface area (Å²) in [6.07, 6.45) is -0.659. The van der Waals surface area contributed by atoms with Crippen LogP contribution in [0.15, 0.2) is 24.3 Å². The molecule has 1 aromatic heterocycles. The maximum atomic E-state index is 6.05. The van der Waals surface area contributed by atoms with Crippen LogP contribution in [0, 0.1) is 0 Å². The van der Waals surface area contributed by atoms with Crippen LogP contribution < -0.4 is 11.5 Å². The molecule has 6 nitrogen and oxygen atoms in total.